The molecule has 5 nitrogen and oxygen atoms in total. The lowest BCUT2D eigenvalue weighted by atomic mass is 10.2. The van der Waals surface area contributed by atoms with Crippen LogP contribution in [-0.2, 0) is 0 Å². The Hall–Kier alpha value is -1.79. The van der Waals surface area contributed by atoms with Crippen LogP contribution in [0.25, 0.3) is 0 Å². The Bertz CT molecular complexity index is 651. The highest BCUT2D eigenvalue weighted by Gasteiger charge is 2.10. The van der Waals surface area contributed by atoms with Crippen molar-refractivity contribution in [1.29, 1.82) is 0 Å². The molecule has 1 aromatic heterocycles. The van der Waals surface area contributed by atoms with Crippen LogP contribution >= 0.6 is 22.9 Å². The van der Waals surface area contributed by atoms with E-state index in [0.717, 1.165) is 16.4 Å². The van der Waals surface area contributed by atoms with Gasteiger partial charge in [-0.25, -0.2) is 4.98 Å². The molecule has 1 N–H and O–H groups in total. The summed E-state index contributed by atoms with van der Waals surface area (Å²) in [5, 5.41) is 5.38. The number of halogens is 1. The molecule has 7 heteroatoms. The van der Waals surface area contributed by atoms with E-state index in [9.17, 15) is 0 Å². The van der Waals surface area contributed by atoms with E-state index in [0.29, 0.717) is 16.5 Å². The molecule has 0 unspecified atom stereocenters. The van der Waals surface area contributed by atoms with Crippen LogP contribution in [0.4, 0.5) is 5.13 Å². The number of aryl methyl sites for hydroxylation is 2. The number of nitrogens with zero attached hydrogens (tertiary/aromatic N) is 2. The number of methoxy groups -OCH3 is 2. The monoisotopic (exact) mass is 325 g/mol. The first-order chi connectivity index (χ1) is 10.0. The zero-order valence-corrected chi connectivity index (χ0v) is 13.8. The fourth-order valence-electron chi connectivity index (χ4n) is 1.69. The van der Waals surface area contributed by atoms with Crippen LogP contribution in [0.5, 0.6) is 11.5 Å². The fourth-order valence-corrected chi connectivity index (χ4v) is 2.76. The van der Waals surface area contributed by atoms with E-state index in [1.165, 1.54) is 4.88 Å². The Morgan fingerprint density at radius 1 is 1.29 bits per heavy atom. The number of anilines is 1. The van der Waals surface area contributed by atoms with E-state index in [2.05, 4.69) is 15.5 Å². The number of hydrogen-bond donors (Lipinski definition) is 1. The maximum absolute atomic E-state index is 6.14. The second-order valence-electron chi connectivity index (χ2n) is 4.27. The van der Waals surface area contributed by atoms with Crippen LogP contribution in [0.2, 0.25) is 5.02 Å². The number of benzene rings is 1. The minimum Gasteiger partial charge on any atom is -0.493 e. The summed E-state index contributed by atoms with van der Waals surface area (Å²) in [5.41, 5.74) is 4.71. The van der Waals surface area contributed by atoms with Crippen molar-refractivity contribution in [3.8, 4) is 11.5 Å². The minimum absolute atomic E-state index is 0.472. The van der Waals surface area contributed by atoms with Crippen molar-refractivity contribution in [3.63, 3.8) is 0 Å². The van der Waals surface area contributed by atoms with E-state index in [-0.39, 0.29) is 0 Å². The Morgan fingerprint density at radius 3 is 2.62 bits per heavy atom. The number of ether oxygens (including phenoxy) is 2. The van der Waals surface area contributed by atoms with Crippen LogP contribution in [-0.4, -0.2) is 25.4 Å². The molecule has 0 saturated carbocycles. The number of nitrogens with one attached hydrogen (secondary N) is 1. The molecule has 0 radical (unpaired) electrons. The third kappa shape index (κ3) is 3.65. The maximum Gasteiger partial charge on any atom is 0.203 e. The van der Waals surface area contributed by atoms with Crippen molar-refractivity contribution in [2.24, 2.45) is 5.10 Å². The molecule has 0 saturated heterocycles. The summed E-state index contributed by atoms with van der Waals surface area (Å²) in [4.78, 5) is 5.51. The van der Waals surface area contributed by atoms with E-state index in [1.54, 1.807) is 43.9 Å². The van der Waals surface area contributed by atoms with E-state index < -0.39 is 0 Å². The molecule has 0 atom stereocenters. The summed E-state index contributed by atoms with van der Waals surface area (Å²) >= 11 is 7.70. The van der Waals surface area contributed by atoms with Gasteiger partial charge >= 0.3 is 0 Å². The highest BCUT2D eigenvalue weighted by atomic mass is 35.5. The Balaban J connectivity index is 2.15. The Morgan fingerprint density at radius 2 is 2.05 bits per heavy atom. The molecule has 1 aromatic carbocycles. The van der Waals surface area contributed by atoms with E-state index in [1.807, 2.05) is 13.8 Å². The third-order valence-electron chi connectivity index (χ3n) is 2.86. The fraction of sp³-hybridized carbons (Fsp3) is 0.286. The number of hydrogen-bond acceptors (Lipinski definition) is 6. The molecular weight excluding hydrogens is 310 g/mol. The van der Waals surface area contributed by atoms with Gasteiger partial charge in [0.05, 0.1) is 31.2 Å². The predicted molar refractivity (Wildman–Crippen MR) is 87.4 cm³/mol. The van der Waals surface area contributed by atoms with Crippen molar-refractivity contribution < 1.29 is 9.47 Å². The molecule has 0 aliphatic heterocycles. The largest absolute Gasteiger partial charge is 0.493 e. The summed E-state index contributed by atoms with van der Waals surface area (Å²) < 4.78 is 10.4. The molecule has 112 valence electrons. The molecule has 0 fully saturated rings. The lowest BCUT2D eigenvalue weighted by Gasteiger charge is -2.09. The van der Waals surface area contributed by atoms with Gasteiger partial charge < -0.3 is 9.47 Å². The second kappa shape index (κ2) is 6.78. The number of aromatic nitrogens is 1. The average Bonchev–Trinajstić information content (AvgIpc) is 2.77. The van der Waals surface area contributed by atoms with Crippen LogP contribution in [0, 0.1) is 13.8 Å². The molecular formula is C14H16ClN3O2S. The minimum atomic E-state index is 0.472. The van der Waals surface area contributed by atoms with Crippen LogP contribution in [0.15, 0.2) is 17.2 Å². The highest BCUT2D eigenvalue weighted by molar-refractivity contribution is 7.15. The molecule has 0 bridgehead atoms. The van der Waals surface area contributed by atoms with Crippen molar-refractivity contribution in [3.05, 3.63) is 33.3 Å². The summed E-state index contributed by atoms with van der Waals surface area (Å²) in [5.74, 6) is 1.07. The van der Waals surface area contributed by atoms with E-state index in [4.69, 9.17) is 21.1 Å². The first kappa shape index (κ1) is 15.6. The van der Waals surface area contributed by atoms with Gasteiger partial charge in [0, 0.05) is 4.88 Å². The van der Waals surface area contributed by atoms with Gasteiger partial charge in [-0.15, -0.1) is 11.3 Å². The molecule has 2 aromatic rings. The normalized spacial score (nSPS) is 10.9. The van der Waals surface area contributed by atoms with Gasteiger partial charge in [0.1, 0.15) is 0 Å². The Labute approximate surface area is 132 Å². The molecule has 0 aliphatic carbocycles. The summed E-state index contributed by atoms with van der Waals surface area (Å²) in [6, 6.07) is 3.56. The Kier molecular flexibility index (Phi) is 5.03. The van der Waals surface area contributed by atoms with Gasteiger partial charge in [-0.2, -0.15) is 5.10 Å². The van der Waals surface area contributed by atoms with Crippen molar-refractivity contribution in [1.82, 2.24) is 4.98 Å². The van der Waals surface area contributed by atoms with Crippen LogP contribution in [0.1, 0.15) is 16.1 Å². The zero-order chi connectivity index (χ0) is 15.4. The van der Waals surface area contributed by atoms with Crippen molar-refractivity contribution in [2.75, 3.05) is 19.6 Å². The lowest BCUT2D eigenvalue weighted by molar-refractivity contribution is 0.355. The quantitative estimate of drug-likeness (QED) is 0.669. The van der Waals surface area contributed by atoms with Gasteiger partial charge in [0.25, 0.3) is 0 Å². The number of thiazole rings is 1. The highest BCUT2D eigenvalue weighted by Crippen LogP contribution is 2.35. The predicted octanol–water partition coefficient (Wildman–Crippen LogP) is 3.88. The summed E-state index contributed by atoms with van der Waals surface area (Å²) in [7, 11) is 3.11. The van der Waals surface area contributed by atoms with Gasteiger partial charge in [-0.05, 0) is 31.5 Å². The van der Waals surface area contributed by atoms with Crippen LogP contribution in [0.3, 0.4) is 0 Å². The first-order valence-electron chi connectivity index (χ1n) is 6.19. The second-order valence-corrected chi connectivity index (χ2v) is 5.88. The maximum atomic E-state index is 6.14. The zero-order valence-electron chi connectivity index (χ0n) is 12.2. The first-order valence-corrected chi connectivity index (χ1v) is 7.39. The molecule has 21 heavy (non-hydrogen) atoms. The van der Waals surface area contributed by atoms with E-state index >= 15 is 0 Å². The smallest absolute Gasteiger partial charge is 0.203 e. The molecule has 2 rings (SSSR count). The van der Waals surface area contributed by atoms with Gasteiger partial charge in [-0.1, -0.05) is 11.6 Å². The lowest BCUT2D eigenvalue weighted by Crippen LogP contribution is -1.95. The van der Waals surface area contributed by atoms with Crippen LogP contribution < -0.4 is 14.9 Å². The van der Waals surface area contributed by atoms with Crippen molar-refractivity contribution >= 4 is 34.3 Å². The average molecular weight is 326 g/mol. The summed E-state index contributed by atoms with van der Waals surface area (Å²) in [6.45, 7) is 3.99. The standard InChI is InChI=1S/C14H16ClN3O2S/c1-8-9(2)21-14(17-8)18-16-7-10-5-11(15)13(20-4)12(6-10)19-3/h5-7H,1-4H3,(H,17,18)/b16-7-. The molecule has 0 amide bonds. The SMILES string of the molecule is COc1cc(/C=N\Nc2nc(C)c(C)s2)cc(Cl)c1OC. The summed E-state index contributed by atoms with van der Waals surface area (Å²) in [6.07, 6.45) is 1.65. The number of rotatable bonds is 5. The number of hydrazone groups is 1. The topological polar surface area (TPSA) is 55.7 Å². The van der Waals surface area contributed by atoms with Gasteiger partial charge in [-0.3, -0.25) is 5.43 Å². The van der Waals surface area contributed by atoms with Gasteiger partial charge in [0.15, 0.2) is 11.5 Å². The third-order valence-corrected chi connectivity index (χ3v) is 4.12. The molecule has 1 heterocycles. The van der Waals surface area contributed by atoms with Gasteiger partial charge in [0.2, 0.25) is 5.13 Å². The molecule has 0 spiro atoms. The van der Waals surface area contributed by atoms with Crippen molar-refractivity contribution in [2.45, 2.75) is 13.8 Å². The molecule has 0 aliphatic rings.